The van der Waals surface area contributed by atoms with Crippen LogP contribution in [0.5, 0.6) is 0 Å². The molecule has 60 heavy (non-hydrogen) atoms. The maximum atomic E-state index is 5.92. The number of benzene rings is 4. The van der Waals surface area contributed by atoms with E-state index in [2.05, 4.69) is 89.2 Å². The molecular weight excluding hydrogens is 950 g/mol. The van der Waals surface area contributed by atoms with Gasteiger partial charge in [-0.15, -0.1) is 0 Å². The summed E-state index contributed by atoms with van der Waals surface area (Å²) in [4.78, 5) is 20.7. The molecule has 0 atom stereocenters. The third kappa shape index (κ3) is 13.3. The molecule has 0 fully saturated rings. The SMILES string of the molecule is [Cl][Os].c1cc2ccc3ccc(COCCOCCOCCOCCn4ccnc4)c4ccc(c1)c2c34.c1ccc(-c2ccccn2)nc1.c1ccc(-c2ccccn2)nc1. The van der Waals surface area contributed by atoms with Gasteiger partial charge in [0.1, 0.15) is 0 Å². The standard InChI is InChI=1S/C28H30N2O4.2C10H8N2.ClH.Os/c1-2-22-4-5-24-6-7-25(26-9-8-23(3-1)27(22)28(24)26)20-34-19-18-33-17-16-32-15-14-31-13-12-30-11-10-29-21-30;2*1-3-7-11-9(5-1)10-6-2-4-8-12-10;;/h1-11,21H,12-20H2;2*1-8H;1H;/q;;;;+1/p-1. The maximum Gasteiger partial charge on any atom is 0.0946 e. The van der Waals surface area contributed by atoms with Gasteiger partial charge in [0.2, 0.25) is 0 Å². The van der Waals surface area contributed by atoms with Crippen molar-refractivity contribution in [2.75, 3.05) is 46.2 Å². The molecule has 0 amide bonds. The second-order valence-corrected chi connectivity index (χ2v) is 13.1. The van der Waals surface area contributed by atoms with E-state index in [1.54, 1.807) is 37.3 Å². The van der Waals surface area contributed by atoms with Gasteiger partial charge in [-0.05, 0) is 86.4 Å². The van der Waals surface area contributed by atoms with Crippen LogP contribution in [0, 0.1) is 0 Å². The number of pyridine rings is 4. The Morgan fingerprint density at radius 3 is 1.35 bits per heavy atom. The molecule has 0 aliphatic carbocycles. The average Bonchev–Trinajstić information content (AvgIpc) is 3.86. The van der Waals surface area contributed by atoms with E-state index < -0.39 is 0 Å². The summed E-state index contributed by atoms with van der Waals surface area (Å²) in [7, 11) is 4.67. The van der Waals surface area contributed by atoms with Crippen molar-refractivity contribution >= 4 is 42.0 Å². The molecular formula is C48H46ClN6O4Os. The van der Waals surface area contributed by atoms with Gasteiger partial charge in [-0.25, -0.2) is 4.98 Å². The van der Waals surface area contributed by atoms with Gasteiger partial charge in [0.15, 0.2) is 0 Å². The van der Waals surface area contributed by atoms with E-state index in [0.29, 0.717) is 52.9 Å². The molecule has 0 unspecified atom stereocenters. The number of aromatic nitrogens is 6. The first-order valence-corrected chi connectivity index (χ1v) is 22.7. The fourth-order valence-corrected chi connectivity index (χ4v) is 6.41. The first kappa shape index (κ1) is 44.1. The summed E-state index contributed by atoms with van der Waals surface area (Å²) < 4.78 is 24.6. The Morgan fingerprint density at radius 1 is 0.433 bits per heavy atom. The molecule has 0 saturated heterocycles. The van der Waals surface area contributed by atoms with Gasteiger partial charge in [0, 0.05) is 43.7 Å². The number of rotatable bonds is 16. The van der Waals surface area contributed by atoms with Crippen LogP contribution in [-0.4, -0.2) is 75.7 Å². The zero-order chi connectivity index (χ0) is 41.5. The Balaban J connectivity index is 0.000000188. The molecule has 9 aromatic rings. The molecule has 307 valence electrons. The van der Waals surface area contributed by atoms with Gasteiger partial charge in [0.25, 0.3) is 0 Å². The predicted octanol–water partition coefficient (Wildman–Crippen LogP) is 10.0. The Kier molecular flexibility index (Phi) is 18.5. The first-order valence-electron chi connectivity index (χ1n) is 19.5. The van der Waals surface area contributed by atoms with Crippen LogP contribution in [-0.2, 0) is 49.7 Å². The third-order valence-electron chi connectivity index (χ3n) is 9.23. The number of hydrogen-bond acceptors (Lipinski definition) is 9. The molecule has 9 rings (SSSR count). The summed E-state index contributed by atoms with van der Waals surface area (Å²) in [6.07, 6.45) is 12.5. The Hall–Kier alpha value is -5.50. The van der Waals surface area contributed by atoms with Crippen molar-refractivity contribution in [1.82, 2.24) is 29.5 Å². The molecule has 0 bridgehead atoms. The van der Waals surface area contributed by atoms with Crippen LogP contribution in [0.1, 0.15) is 5.56 Å². The van der Waals surface area contributed by atoms with Crippen molar-refractivity contribution in [2.45, 2.75) is 13.2 Å². The first-order chi connectivity index (χ1) is 29.8. The second-order valence-electron chi connectivity index (χ2n) is 13.1. The van der Waals surface area contributed by atoms with E-state index in [1.165, 1.54) is 55.5 Å². The summed E-state index contributed by atoms with van der Waals surface area (Å²) in [6, 6.07) is 42.9. The molecule has 4 aromatic carbocycles. The molecule has 5 aromatic heterocycles. The van der Waals surface area contributed by atoms with Gasteiger partial charge < -0.3 is 23.5 Å². The van der Waals surface area contributed by atoms with E-state index in [9.17, 15) is 0 Å². The zero-order valence-corrected chi connectivity index (χ0v) is 36.4. The second kappa shape index (κ2) is 25.2. The molecule has 5 heterocycles. The molecule has 10 nitrogen and oxygen atoms in total. The molecule has 0 N–H and O–H groups in total. The maximum absolute atomic E-state index is 5.92. The smallest absolute Gasteiger partial charge is 0.0946 e. The minimum absolute atomic E-state index is 0.552. The average molecular weight is 997 g/mol. The fourth-order valence-electron chi connectivity index (χ4n) is 6.41. The van der Waals surface area contributed by atoms with Crippen molar-refractivity contribution in [3.8, 4) is 22.8 Å². The van der Waals surface area contributed by atoms with Gasteiger partial charge in [0.05, 0.1) is 82.0 Å². The van der Waals surface area contributed by atoms with Crippen LogP contribution < -0.4 is 0 Å². The third-order valence-corrected chi connectivity index (χ3v) is 9.23. The molecule has 0 spiro atoms. The van der Waals surface area contributed by atoms with E-state index >= 15 is 0 Å². The number of hydrogen-bond donors (Lipinski definition) is 0. The van der Waals surface area contributed by atoms with Crippen LogP contribution in [0.4, 0.5) is 0 Å². The topological polar surface area (TPSA) is 106 Å². The van der Waals surface area contributed by atoms with Gasteiger partial charge in [-0.2, -0.15) is 0 Å². The predicted molar refractivity (Wildman–Crippen MR) is 235 cm³/mol. The number of imidazole rings is 1. The number of ether oxygens (including phenoxy) is 4. The molecule has 12 heteroatoms. The minimum atomic E-state index is 0.552. The largest absolute Gasteiger partial charge is 0.377 e. The molecule has 0 aliphatic heterocycles. The molecule has 0 aliphatic rings. The monoisotopic (exact) mass is 997 g/mol. The fraction of sp³-hybridized carbons (Fsp3) is 0.188. The minimum Gasteiger partial charge on any atom is -0.377 e. The Morgan fingerprint density at radius 2 is 0.883 bits per heavy atom. The van der Waals surface area contributed by atoms with Crippen LogP contribution in [0.15, 0.2) is 171 Å². The summed E-state index contributed by atoms with van der Waals surface area (Å²) in [5.41, 5.74) is 4.87. The van der Waals surface area contributed by atoms with Crippen LogP contribution >= 0.6 is 9.64 Å². The van der Waals surface area contributed by atoms with E-state index in [-0.39, 0.29) is 0 Å². The quantitative estimate of drug-likeness (QED) is 0.0691. The Bertz CT molecular complexity index is 2340. The van der Waals surface area contributed by atoms with E-state index in [1.807, 2.05) is 83.6 Å². The normalized spacial score (nSPS) is 10.7. The molecule has 0 radical (unpaired) electrons. The summed E-state index contributed by atoms with van der Waals surface area (Å²) in [5, 5.41) is 7.77. The Labute approximate surface area is 364 Å². The summed E-state index contributed by atoms with van der Waals surface area (Å²) in [6.45, 7) is 5.39. The van der Waals surface area contributed by atoms with Gasteiger partial charge in [-0.3, -0.25) is 19.9 Å². The number of nitrogens with zero attached hydrogens (tertiary/aromatic N) is 6. The van der Waals surface area contributed by atoms with Crippen LogP contribution in [0.2, 0.25) is 0 Å². The van der Waals surface area contributed by atoms with Crippen LogP contribution in [0.25, 0.3) is 55.1 Å². The van der Waals surface area contributed by atoms with E-state index in [0.717, 1.165) is 29.3 Å². The molecule has 0 saturated carbocycles. The summed E-state index contributed by atoms with van der Waals surface area (Å²) in [5.74, 6) is 0. The van der Waals surface area contributed by atoms with Crippen molar-refractivity contribution in [1.29, 1.82) is 0 Å². The van der Waals surface area contributed by atoms with Crippen molar-refractivity contribution < 1.29 is 36.5 Å². The van der Waals surface area contributed by atoms with Crippen LogP contribution in [0.3, 0.4) is 0 Å². The van der Waals surface area contributed by atoms with Gasteiger partial charge >= 0.3 is 27.2 Å². The van der Waals surface area contributed by atoms with Crippen molar-refractivity contribution in [2.24, 2.45) is 0 Å². The van der Waals surface area contributed by atoms with Gasteiger partial charge in [-0.1, -0.05) is 78.9 Å². The zero-order valence-electron chi connectivity index (χ0n) is 33.1. The number of halogens is 1. The van der Waals surface area contributed by atoms with Crippen molar-refractivity contribution in [3.05, 3.63) is 176 Å². The van der Waals surface area contributed by atoms with E-state index in [4.69, 9.17) is 18.9 Å². The summed E-state index contributed by atoms with van der Waals surface area (Å²) >= 11 is 1.33. The van der Waals surface area contributed by atoms with Crippen molar-refractivity contribution in [3.63, 3.8) is 0 Å².